The SMILES string of the molecule is NC1NN2CC(F)CNC2C1C(=O)NC1CNCCC1N1CCC(C(=O)N2CCOCC2)CC1. The highest BCUT2D eigenvalue weighted by atomic mass is 19.1. The fourth-order valence-corrected chi connectivity index (χ4v) is 6.21. The number of hydrogen-bond acceptors (Lipinski definition) is 9. The molecule has 6 N–H and O–H groups in total. The zero-order valence-electron chi connectivity index (χ0n) is 19.8. The summed E-state index contributed by atoms with van der Waals surface area (Å²) >= 11 is 0. The lowest BCUT2D eigenvalue weighted by atomic mass is 9.90. The first kappa shape index (κ1) is 24.3. The average molecular weight is 483 g/mol. The summed E-state index contributed by atoms with van der Waals surface area (Å²) in [4.78, 5) is 30.6. The molecule has 5 aliphatic rings. The predicted octanol–water partition coefficient (Wildman–Crippen LogP) is -2.61. The molecular weight excluding hydrogens is 443 g/mol. The van der Waals surface area contributed by atoms with Gasteiger partial charge in [0.2, 0.25) is 11.8 Å². The van der Waals surface area contributed by atoms with Crippen LogP contribution in [0.3, 0.4) is 0 Å². The van der Waals surface area contributed by atoms with Gasteiger partial charge in [0.25, 0.3) is 0 Å². The highest BCUT2D eigenvalue weighted by molar-refractivity contribution is 5.81. The molecule has 0 saturated carbocycles. The van der Waals surface area contributed by atoms with Crippen LogP contribution in [0.2, 0.25) is 0 Å². The van der Waals surface area contributed by atoms with Crippen LogP contribution < -0.4 is 27.1 Å². The fourth-order valence-electron chi connectivity index (χ4n) is 6.21. The molecule has 0 aliphatic carbocycles. The molecule has 0 bridgehead atoms. The van der Waals surface area contributed by atoms with Crippen molar-refractivity contribution in [1.29, 1.82) is 0 Å². The lowest BCUT2D eigenvalue weighted by molar-refractivity contribution is -0.141. The van der Waals surface area contributed by atoms with Gasteiger partial charge in [-0.2, -0.15) is 0 Å². The van der Waals surface area contributed by atoms with Crippen LogP contribution in [-0.2, 0) is 14.3 Å². The van der Waals surface area contributed by atoms with E-state index >= 15 is 0 Å². The summed E-state index contributed by atoms with van der Waals surface area (Å²) in [5.74, 6) is -0.254. The molecule has 5 fully saturated rings. The third kappa shape index (κ3) is 5.08. The van der Waals surface area contributed by atoms with Crippen molar-refractivity contribution < 1.29 is 18.7 Å². The third-order valence-electron chi connectivity index (χ3n) is 8.07. The Balaban J connectivity index is 1.16. The van der Waals surface area contributed by atoms with E-state index in [1.54, 1.807) is 5.01 Å². The van der Waals surface area contributed by atoms with Crippen LogP contribution in [0.1, 0.15) is 19.3 Å². The van der Waals surface area contributed by atoms with Gasteiger partial charge in [-0.1, -0.05) is 0 Å². The Kier molecular flexibility index (Phi) is 7.64. The summed E-state index contributed by atoms with van der Waals surface area (Å²) in [6.45, 7) is 6.42. The van der Waals surface area contributed by atoms with Crippen LogP contribution in [0.5, 0.6) is 0 Å². The zero-order chi connectivity index (χ0) is 23.7. The number of alkyl halides is 1. The Bertz CT molecular complexity index is 733. The molecule has 5 aliphatic heterocycles. The van der Waals surface area contributed by atoms with Crippen LogP contribution >= 0.6 is 0 Å². The maximum absolute atomic E-state index is 13.8. The van der Waals surface area contributed by atoms with Crippen LogP contribution in [0.25, 0.3) is 0 Å². The van der Waals surface area contributed by atoms with Crippen molar-refractivity contribution in [1.82, 2.24) is 36.2 Å². The summed E-state index contributed by atoms with van der Waals surface area (Å²) < 4.78 is 19.1. The van der Waals surface area contributed by atoms with Gasteiger partial charge < -0.3 is 26.0 Å². The molecule has 12 heteroatoms. The van der Waals surface area contributed by atoms with Crippen molar-refractivity contribution in [3.63, 3.8) is 0 Å². The van der Waals surface area contributed by atoms with Gasteiger partial charge in [-0.25, -0.2) is 14.8 Å². The van der Waals surface area contributed by atoms with Gasteiger partial charge in [-0.3, -0.25) is 19.8 Å². The third-order valence-corrected chi connectivity index (χ3v) is 8.07. The molecule has 6 unspecified atom stereocenters. The van der Waals surface area contributed by atoms with E-state index < -0.39 is 18.3 Å². The maximum Gasteiger partial charge on any atom is 0.229 e. The maximum atomic E-state index is 13.8. The standard InChI is InChI=1S/C22H39FN8O3/c23-15-11-26-20-18(19(24)28-31(20)13-15)21(32)27-16-12-25-4-1-17(16)29-5-2-14(3-6-29)22(33)30-7-9-34-10-8-30/h14-20,25-26,28H,1-13,24H2,(H,27,32). The van der Waals surface area contributed by atoms with E-state index in [4.69, 9.17) is 10.5 Å². The number of hydrazine groups is 1. The van der Waals surface area contributed by atoms with Gasteiger partial charge >= 0.3 is 0 Å². The molecule has 5 saturated heterocycles. The lowest BCUT2D eigenvalue weighted by Gasteiger charge is -2.44. The molecule has 0 radical (unpaired) electrons. The van der Waals surface area contributed by atoms with E-state index in [9.17, 15) is 14.0 Å². The number of nitrogens with zero attached hydrogens (tertiary/aromatic N) is 3. The first-order valence-corrected chi connectivity index (χ1v) is 12.8. The van der Waals surface area contributed by atoms with Crippen molar-refractivity contribution in [2.24, 2.45) is 17.6 Å². The Hall–Kier alpha value is -1.41. The van der Waals surface area contributed by atoms with Crippen LogP contribution in [-0.4, -0.2) is 123 Å². The van der Waals surface area contributed by atoms with Crippen molar-refractivity contribution >= 4 is 11.8 Å². The summed E-state index contributed by atoms with van der Waals surface area (Å²) in [5, 5.41) is 11.5. The molecule has 11 nitrogen and oxygen atoms in total. The first-order valence-electron chi connectivity index (χ1n) is 12.8. The Morgan fingerprint density at radius 2 is 1.82 bits per heavy atom. The number of fused-ring (bicyclic) bond motifs is 1. The minimum atomic E-state index is -0.984. The molecule has 0 spiro atoms. The second-order valence-electron chi connectivity index (χ2n) is 10.2. The molecule has 6 atom stereocenters. The quantitative estimate of drug-likeness (QED) is 0.293. The number of nitrogens with two attached hydrogens (primary N) is 1. The average Bonchev–Trinajstić information content (AvgIpc) is 3.19. The van der Waals surface area contributed by atoms with Crippen LogP contribution in [0, 0.1) is 11.8 Å². The normalized spacial score (nSPS) is 38.5. The number of nitrogens with one attached hydrogen (secondary N) is 4. The van der Waals surface area contributed by atoms with Crippen molar-refractivity contribution in [3.8, 4) is 0 Å². The van der Waals surface area contributed by atoms with Gasteiger partial charge in [-0.15, -0.1) is 0 Å². The van der Waals surface area contributed by atoms with Gasteiger partial charge in [0.05, 0.1) is 37.5 Å². The molecule has 2 amide bonds. The van der Waals surface area contributed by atoms with E-state index in [1.807, 2.05) is 4.90 Å². The van der Waals surface area contributed by atoms with E-state index in [1.165, 1.54) is 0 Å². The number of carbonyl (C=O) groups is 2. The van der Waals surface area contributed by atoms with Gasteiger partial charge in [-0.05, 0) is 38.9 Å². The number of halogens is 1. The summed E-state index contributed by atoms with van der Waals surface area (Å²) in [6.07, 6.45) is 0.799. The number of morpholine rings is 1. The molecular formula is C22H39FN8O3. The minimum Gasteiger partial charge on any atom is -0.378 e. The molecule has 5 heterocycles. The molecule has 0 aromatic rings. The van der Waals surface area contributed by atoms with Gasteiger partial charge in [0.1, 0.15) is 6.17 Å². The monoisotopic (exact) mass is 482 g/mol. The van der Waals surface area contributed by atoms with Crippen LogP contribution in [0.15, 0.2) is 0 Å². The predicted molar refractivity (Wildman–Crippen MR) is 123 cm³/mol. The summed E-state index contributed by atoms with van der Waals surface area (Å²) in [7, 11) is 0. The fraction of sp³-hybridized carbons (Fsp3) is 0.909. The molecule has 0 aromatic heterocycles. The molecule has 192 valence electrons. The number of carbonyl (C=O) groups excluding carboxylic acids is 2. The van der Waals surface area contributed by atoms with E-state index in [-0.39, 0.29) is 49.1 Å². The van der Waals surface area contributed by atoms with Gasteiger partial charge in [0.15, 0.2) is 0 Å². The highest BCUT2D eigenvalue weighted by Gasteiger charge is 2.48. The van der Waals surface area contributed by atoms with Crippen molar-refractivity contribution in [2.75, 3.05) is 65.6 Å². The largest absolute Gasteiger partial charge is 0.378 e. The molecule has 34 heavy (non-hydrogen) atoms. The van der Waals surface area contributed by atoms with E-state index in [0.717, 1.165) is 38.9 Å². The Morgan fingerprint density at radius 1 is 1.06 bits per heavy atom. The van der Waals surface area contributed by atoms with Crippen molar-refractivity contribution in [3.05, 3.63) is 0 Å². The second-order valence-corrected chi connectivity index (χ2v) is 10.2. The zero-order valence-corrected chi connectivity index (χ0v) is 19.8. The number of piperidine rings is 2. The van der Waals surface area contributed by atoms with E-state index in [2.05, 4.69) is 26.3 Å². The van der Waals surface area contributed by atoms with Crippen molar-refractivity contribution in [2.45, 2.75) is 49.8 Å². The first-order chi connectivity index (χ1) is 16.5. The second kappa shape index (κ2) is 10.7. The minimum absolute atomic E-state index is 0.0356. The Labute approximate surface area is 200 Å². The number of hydrogen-bond donors (Lipinski definition) is 5. The summed E-state index contributed by atoms with van der Waals surface area (Å²) in [5.41, 5.74) is 9.28. The summed E-state index contributed by atoms with van der Waals surface area (Å²) in [6, 6.07) is 0.187. The molecule has 5 rings (SSSR count). The Morgan fingerprint density at radius 3 is 2.59 bits per heavy atom. The topological polar surface area (TPSA) is 127 Å². The van der Waals surface area contributed by atoms with Crippen LogP contribution in [0.4, 0.5) is 4.39 Å². The van der Waals surface area contributed by atoms with Gasteiger partial charge in [0, 0.05) is 44.7 Å². The molecule has 0 aromatic carbocycles. The van der Waals surface area contributed by atoms with E-state index in [0.29, 0.717) is 32.8 Å². The number of amides is 2. The number of likely N-dealkylation sites (tertiary alicyclic amines) is 1. The smallest absolute Gasteiger partial charge is 0.229 e. The lowest BCUT2D eigenvalue weighted by Crippen LogP contribution is -2.64. The number of ether oxygens (including phenoxy) is 1. The number of rotatable bonds is 4. The highest BCUT2D eigenvalue weighted by Crippen LogP contribution is 2.26.